The molecule has 0 amide bonds. The number of thiophene rings is 1. The molecular weight excluding hydrogens is 338 g/mol. The Bertz CT molecular complexity index is 1090. The molecule has 0 unspecified atom stereocenters. The molecule has 3 aromatic heterocycles. The lowest BCUT2D eigenvalue weighted by Crippen LogP contribution is -2.23. The maximum Gasteiger partial charge on any atom is 0.291 e. The van der Waals surface area contributed by atoms with Crippen molar-refractivity contribution in [1.82, 2.24) is 14.6 Å². The lowest BCUT2D eigenvalue weighted by molar-refractivity contribution is 0.866. The molecule has 6 heteroatoms. The molecule has 1 aromatic carbocycles. The van der Waals surface area contributed by atoms with Gasteiger partial charge in [0.05, 0.1) is 9.41 Å². The van der Waals surface area contributed by atoms with Crippen molar-refractivity contribution >= 4 is 33.7 Å². The molecule has 0 atom stereocenters. The zero-order valence-corrected chi connectivity index (χ0v) is 14.9. The molecule has 0 bridgehead atoms. The van der Waals surface area contributed by atoms with E-state index in [1.807, 2.05) is 35.7 Å². The molecule has 4 rings (SSSR count). The van der Waals surface area contributed by atoms with Crippen molar-refractivity contribution < 1.29 is 0 Å². The maximum atomic E-state index is 12.5. The van der Waals surface area contributed by atoms with Crippen molar-refractivity contribution in [3.8, 4) is 10.7 Å². The van der Waals surface area contributed by atoms with E-state index >= 15 is 0 Å². The third kappa shape index (κ3) is 2.68. The predicted octanol–water partition coefficient (Wildman–Crippen LogP) is 3.55. The number of thiazole rings is 1. The van der Waals surface area contributed by atoms with Gasteiger partial charge in [0, 0.05) is 0 Å². The van der Waals surface area contributed by atoms with Crippen molar-refractivity contribution in [2.45, 2.75) is 19.8 Å². The second-order valence-electron chi connectivity index (χ2n) is 5.84. The summed E-state index contributed by atoms with van der Waals surface area (Å²) in [5.74, 6) is 1.11. The largest absolute Gasteiger partial charge is 0.291 e. The van der Waals surface area contributed by atoms with Crippen LogP contribution in [0.2, 0.25) is 0 Å². The lowest BCUT2D eigenvalue weighted by atomic mass is 10.0. The second-order valence-corrected chi connectivity index (χ2v) is 7.80. The number of hydrogen-bond acceptors (Lipinski definition) is 5. The summed E-state index contributed by atoms with van der Waals surface area (Å²) in [6.07, 6.45) is 1.90. The molecule has 0 saturated carbocycles. The Kier molecular flexibility index (Phi) is 3.78. The zero-order chi connectivity index (χ0) is 16.7. The Morgan fingerprint density at radius 3 is 2.58 bits per heavy atom. The zero-order valence-electron chi connectivity index (χ0n) is 13.3. The molecule has 0 aliphatic carbocycles. The standard InChI is InChI=1S/C18H15N3OS2/c1-11(2)13-7-5-12(6-8-13)10-15-17(22)21-18(24-15)19-16(20-21)14-4-3-9-23-14/h3-11H,1-2H3. The van der Waals surface area contributed by atoms with Crippen LogP contribution in [0.5, 0.6) is 0 Å². The molecular formula is C18H15N3OS2. The van der Waals surface area contributed by atoms with Gasteiger partial charge in [-0.3, -0.25) is 4.79 Å². The number of fused-ring (bicyclic) bond motifs is 1. The summed E-state index contributed by atoms with van der Waals surface area (Å²) in [7, 11) is 0. The number of benzene rings is 1. The Balaban J connectivity index is 1.76. The van der Waals surface area contributed by atoms with Crippen LogP contribution in [0.4, 0.5) is 0 Å². The normalized spacial score (nSPS) is 12.5. The average molecular weight is 353 g/mol. The molecule has 0 aliphatic rings. The molecule has 0 fully saturated rings. The monoisotopic (exact) mass is 353 g/mol. The van der Waals surface area contributed by atoms with Gasteiger partial charge in [-0.1, -0.05) is 55.5 Å². The van der Waals surface area contributed by atoms with Crippen LogP contribution in [0, 0.1) is 0 Å². The van der Waals surface area contributed by atoms with Crippen molar-refractivity contribution in [2.75, 3.05) is 0 Å². The first-order chi connectivity index (χ1) is 11.6. The Labute approximate surface area is 146 Å². The Hall–Kier alpha value is -2.31. The van der Waals surface area contributed by atoms with Crippen LogP contribution in [-0.4, -0.2) is 14.6 Å². The number of aromatic nitrogens is 3. The molecule has 0 spiro atoms. The van der Waals surface area contributed by atoms with E-state index < -0.39 is 0 Å². The summed E-state index contributed by atoms with van der Waals surface area (Å²) in [5, 5.41) is 6.32. The van der Waals surface area contributed by atoms with E-state index in [4.69, 9.17) is 0 Å². The molecule has 24 heavy (non-hydrogen) atoms. The van der Waals surface area contributed by atoms with Gasteiger partial charge in [0.15, 0.2) is 5.82 Å². The highest BCUT2D eigenvalue weighted by Gasteiger charge is 2.12. The van der Waals surface area contributed by atoms with Gasteiger partial charge in [0.2, 0.25) is 4.96 Å². The highest BCUT2D eigenvalue weighted by molar-refractivity contribution is 7.15. The fraction of sp³-hybridized carbons (Fsp3) is 0.167. The molecule has 0 N–H and O–H groups in total. The van der Waals surface area contributed by atoms with E-state index in [1.54, 1.807) is 11.3 Å². The third-order valence-electron chi connectivity index (χ3n) is 3.82. The fourth-order valence-electron chi connectivity index (χ4n) is 2.47. The van der Waals surface area contributed by atoms with Crippen LogP contribution >= 0.6 is 22.7 Å². The highest BCUT2D eigenvalue weighted by Crippen LogP contribution is 2.21. The fourth-order valence-corrected chi connectivity index (χ4v) is 4.03. The first kappa shape index (κ1) is 15.2. The first-order valence-electron chi connectivity index (χ1n) is 7.67. The van der Waals surface area contributed by atoms with Crippen LogP contribution in [0.15, 0.2) is 46.6 Å². The SMILES string of the molecule is CC(C)c1ccc(C=c2sc3nc(-c4cccs4)nn3c2=O)cc1. The minimum Gasteiger partial charge on any atom is -0.266 e. The third-order valence-corrected chi connectivity index (χ3v) is 5.65. The Morgan fingerprint density at radius 1 is 1.17 bits per heavy atom. The smallest absolute Gasteiger partial charge is 0.266 e. The van der Waals surface area contributed by atoms with Gasteiger partial charge in [-0.15, -0.1) is 16.4 Å². The van der Waals surface area contributed by atoms with Gasteiger partial charge in [-0.2, -0.15) is 9.50 Å². The van der Waals surface area contributed by atoms with Gasteiger partial charge < -0.3 is 0 Å². The minimum absolute atomic E-state index is 0.113. The van der Waals surface area contributed by atoms with Crippen molar-refractivity contribution in [2.24, 2.45) is 0 Å². The molecule has 4 aromatic rings. The van der Waals surface area contributed by atoms with Crippen molar-refractivity contribution in [3.63, 3.8) is 0 Å². The van der Waals surface area contributed by atoms with E-state index in [0.29, 0.717) is 21.2 Å². The van der Waals surface area contributed by atoms with Crippen LogP contribution < -0.4 is 10.1 Å². The summed E-state index contributed by atoms with van der Waals surface area (Å²) in [5.41, 5.74) is 2.19. The maximum absolute atomic E-state index is 12.5. The number of nitrogens with zero attached hydrogens (tertiary/aromatic N) is 3. The van der Waals surface area contributed by atoms with Gasteiger partial charge >= 0.3 is 0 Å². The molecule has 120 valence electrons. The second kappa shape index (κ2) is 5.96. The summed E-state index contributed by atoms with van der Waals surface area (Å²) >= 11 is 2.94. The van der Waals surface area contributed by atoms with Crippen LogP contribution in [0.3, 0.4) is 0 Å². The van der Waals surface area contributed by atoms with Gasteiger partial charge in [-0.25, -0.2) is 0 Å². The average Bonchev–Trinajstić information content (AvgIpc) is 3.27. The number of hydrogen-bond donors (Lipinski definition) is 0. The van der Waals surface area contributed by atoms with E-state index in [9.17, 15) is 4.79 Å². The summed E-state index contributed by atoms with van der Waals surface area (Å²) in [4.78, 5) is 18.6. The van der Waals surface area contributed by atoms with Gasteiger partial charge in [-0.05, 0) is 34.6 Å². The van der Waals surface area contributed by atoms with Crippen LogP contribution in [0.25, 0.3) is 21.7 Å². The first-order valence-corrected chi connectivity index (χ1v) is 9.36. The molecule has 0 aliphatic heterocycles. The quantitative estimate of drug-likeness (QED) is 0.566. The predicted molar refractivity (Wildman–Crippen MR) is 99.8 cm³/mol. The van der Waals surface area contributed by atoms with Crippen molar-refractivity contribution in [3.05, 3.63) is 67.8 Å². The highest BCUT2D eigenvalue weighted by atomic mass is 32.1. The Morgan fingerprint density at radius 2 is 1.96 bits per heavy atom. The van der Waals surface area contributed by atoms with E-state index in [0.717, 1.165) is 10.4 Å². The molecule has 3 heterocycles. The summed E-state index contributed by atoms with van der Waals surface area (Å²) in [6.45, 7) is 4.33. The van der Waals surface area contributed by atoms with Gasteiger partial charge in [0.1, 0.15) is 0 Å². The van der Waals surface area contributed by atoms with E-state index in [2.05, 4.69) is 36.1 Å². The van der Waals surface area contributed by atoms with Crippen LogP contribution in [0.1, 0.15) is 30.9 Å². The summed E-state index contributed by atoms with van der Waals surface area (Å²) in [6, 6.07) is 12.2. The van der Waals surface area contributed by atoms with Crippen LogP contribution in [-0.2, 0) is 0 Å². The number of rotatable bonds is 3. The topological polar surface area (TPSA) is 47.3 Å². The minimum atomic E-state index is -0.113. The van der Waals surface area contributed by atoms with Gasteiger partial charge in [0.25, 0.3) is 5.56 Å². The molecule has 0 radical (unpaired) electrons. The lowest BCUT2D eigenvalue weighted by Gasteiger charge is -2.04. The van der Waals surface area contributed by atoms with Crippen molar-refractivity contribution in [1.29, 1.82) is 0 Å². The molecule has 4 nitrogen and oxygen atoms in total. The van der Waals surface area contributed by atoms with E-state index in [1.165, 1.54) is 21.4 Å². The molecule has 0 saturated heterocycles. The van der Waals surface area contributed by atoms with E-state index in [-0.39, 0.29) is 5.56 Å². The summed E-state index contributed by atoms with van der Waals surface area (Å²) < 4.78 is 2.05.